The molecule has 0 bridgehead atoms. The first-order valence-electron chi connectivity index (χ1n) is 5.27. The minimum Gasteiger partial charge on any atom is -0.496 e. The van der Waals surface area contributed by atoms with Gasteiger partial charge in [0, 0.05) is 6.07 Å². The second-order valence-electron chi connectivity index (χ2n) is 3.73. The molecular weight excluding hydrogens is 234 g/mol. The van der Waals surface area contributed by atoms with Gasteiger partial charge in [-0.15, -0.1) is 11.3 Å². The predicted molar refractivity (Wildman–Crippen MR) is 68.6 cm³/mol. The molecule has 4 heteroatoms. The van der Waals surface area contributed by atoms with Gasteiger partial charge in [-0.2, -0.15) is 0 Å². The zero-order valence-electron chi connectivity index (χ0n) is 9.56. The van der Waals surface area contributed by atoms with Gasteiger partial charge in [0.2, 0.25) is 0 Å². The number of benzene rings is 1. The number of rotatable bonds is 2. The number of fused-ring (bicyclic) bond motifs is 1. The lowest BCUT2D eigenvalue weighted by atomic mass is 10.1. The van der Waals surface area contributed by atoms with Crippen LogP contribution in [0.3, 0.4) is 0 Å². The molecule has 2 heterocycles. The number of aromatic nitrogens is 1. The van der Waals surface area contributed by atoms with Crippen LogP contribution in [-0.4, -0.2) is 12.1 Å². The molecule has 0 saturated heterocycles. The summed E-state index contributed by atoms with van der Waals surface area (Å²) in [5, 5.41) is 1.05. The third kappa shape index (κ3) is 1.70. The Morgan fingerprint density at radius 1 is 1.35 bits per heavy atom. The van der Waals surface area contributed by atoms with Gasteiger partial charge in [-0.3, -0.25) is 0 Å². The maximum absolute atomic E-state index is 5.42. The second kappa shape index (κ2) is 3.89. The molecule has 2 aromatic heterocycles. The van der Waals surface area contributed by atoms with Crippen LogP contribution in [0.4, 0.5) is 0 Å². The van der Waals surface area contributed by atoms with Crippen molar-refractivity contribution >= 4 is 21.6 Å². The highest BCUT2D eigenvalue weighted by Crippen LogP contribution is 2.36. The van der Waals surface area contributed by atoms with Crippen molar-refractivity contribution in [3.8, 4) is 17.1 Å². The van der Waals surface area contributed by atoms with Crippen LogP contribution in [0.5, 0.6) is 5.75 Å². The van der Waals surface area contributed by atoms with Crippen LogP contribution < -0.4 is 4.74 Å². The third-order valence-electron chi connectivity index (χ3n) is 2.60. The third-order valence-corrected chi connectivity index (χ3v) is 3.54. The molecule has 0 aliphatic rings. The van der Waals surface area contributed by atoms with Crippen LogP contribution in [0.1, 0.15) is 5.01 Å². The molecule has 3 nitrogen and oxygen atoms in total. The monoisotopic (exact) mass is 245 g/mol. The smallest absolute Gasteiger partial charge is 0.137 e. The quantitative estimate of drug-likeness (QED) is 0.687. The number of hydrogen-bond acceptors (Lipinski definition) is 4. The van der Waals surface area contributed by atoms with Gasteiger partial charge >= 0.3 is 0 Å². The van der Waals surface area contributed by atoms with Crippen LogP contribution in [0.2, 0.25) is 0 Å². The Hall–Kier alpha value is -1.81. The molecule has 1 aromatic carbocycles. The normalized spacial score (nSPS) is 10.9. The molecule has 0 unspecified atom stereocenters. The standard InChI is InChI=1S/C13H11NO2S/c1-8-14-10-7-12(15-2)9(6-13(10)17-8)11-4-3-5-16-11/h3-7H,1-2H3. The number of hydrogen-bond donors (Lipinski definition) is 0. The van der Waals surface area contributed by atoms with Gasteiger partial charge in [0.15, 0.2) is 0 Å². The Morgan fingerprint density at radius 2 is 2.24 bits per heavy atom. The molecule has 0 radical (unpaired) electrons. The first kappa shape index (κ1) is 10.4. The minimum atomic E-state index is 0.790. The minimum absolute atomic E-state index is 0.790. The van der Waals surface area contributed by atoms with Crippen LogP contribution in [0.15, 0.2) is 34.9 Å². The number of nitrogens with zero attached hydrogens (tertiary/aromatic N) is 1. The topological polar surface area (TPSA) is 35.3 Å². The fraction of sp³-hybridized carbons (Fsp3) is 0.154. The summed E-state index contributed by atoms with van der Waals surface area (Å²) >= 11 is 1.67. The molecule has 0 saturated carbocycles. The van der Waals surface area contributed by atoms with Crippen molar-refractivity contribution in [1.82, 2.24) is 4.98 Å². The molecule has 0 atom stereocenters. The number of furan rings is 1. The van der Waals surface area contributed by atoms with Crippen molar-refractivity contribution < 1.29 is 9.15 Å². The fourth-order valence-corrected chi connectivity index (χ4v) is 2.71. The summed E-state index contributed by atoms with van der Waals surface area (Å²) in [6, 6.07) is 7.82. The highest BCUT2D eigenvalue weighted by Gasteiger charge is 2.12. The van der Waals surface area contributed by atoms with E-state index in [-0.39, 0.29) is 0 Å². The summed E-state index contributed by atoms with van der Waals surface area (Å²) in [4.78, 5) is 4.45. The molecule has 0 fully saturated rings. The van der Waals surface area contributed by atoms with Gasteiger partial charge in [-0.1, -0.05) is 0 Å². The summed E-state index contributed by atoms with van der Waals surface area (Å²) in [5.74, 6) is 1.60. The Labute approximate surface area is 103 Å². The Bertz CT molecular complexity index is 655. The lowest BCUT2D eigenvalue weighted by Gasteiger charge is -2.05. The van der Waals surface area contributed by atoms with Crippen LogP contribution >= 0.6 is 11.3 Å². The molecule has 86 valence electrons. The zero-order chi connectivity index (χ0) is 11.8. The highest BCUT2D eigenvalue weighted by molar-refractivity contribution is 7.18. The van der Waals surface area contributed by atoms with E-state index in [0.29, 0.717) is 0 Å². The number of thiazole rings is 1. The van der Waals surface area contributed by atoms with Gasteiger partial charge in [0.05, 0.1) is 34.2 Å². The van der Waals surface area contributed by atoms with E-state index < -0.39 is 0 Å². The maximum atomic E-state index is 5.42. The van der Waals surface area contributed by atoms with Crippen LogP contribution in [-0.2, 0) is 0 Å². The number of ether oxygens (including phenoxy) is 1. The number of methoxy groups -OCH3 is 1. The average Bonchev–Trinajstić information content (AvgIpc) is 2.93. The first-order valence-corrected chi connectivity index (χ1v) is 6.08. The molecule has 17 heavy (non-hydrogen) atoms. The highest BCUT2D eigenvalue weighted by atomic mass is 32.1. The van der Waals surface area contributed by atoms with Crippen molar-refractivity contribution in [3.63, 3.8) is 0 Å². The summed E-state index contributed by atoms with van der Waals surface area (Å²) in [6.45, 7) is 2.00. The van der Waals surface area contributed by atoms with E-state index >= 15 is 0 Å². The van der Waals surface area contributed by atoms with E-state index in [9.17, 15) is 0 Å². The van der Waals surface area contributed by atoms with Gasteiger partial charge < -0.3 is 9.15 Å². The first-order chi connectivity index (χ1) is 8.28. The van der Waals surface area contributed by atoms with E-state index in [2.05, 4.69) is 11.1 Å². The van der Waals surface area contributed by atoms with Gasteiger partial charge in [0.25, 0.3) is 0 Å². The van der Waals surface area contributed by atoms with E-state index in [1.807, 2.05) is 25.1 Å². The van der Waals surface area contributed by atoms with Gasteiger partial charge in [0.1, 0.15) is 11.5 Å². The Kier molecular flexibility index (Phi) is 2.37. The van der Waals surface area contributed by atoms with Gasteiger partial charge in [-0.25, -0.2) is 4.98 Å². The molecule has 0 aliphatic heterocycles. The molecule has 3 rings (SSSR count). The second-order valence-corrected chi connectivity index (χ2v) is 4.97. The van der Waals surface area contributed by atoms with E-state index in [4.69, 9.17) is 9.15 Å². The molecule has 0 aliphatic carbocycles. The fourth-order valence-electron chi connectivity index (χ4n) is 1.86. The summed E-state index contributed by atoms with van der Waals surface area (Å²) in [7, 11) is 1.66. The van der Waals surface area contributed by atoms with Crippen molar-refractivity contribution in [2.45, 2.75) is 6.92 Å². The molecule has 0 N–H and O–H groups in total. The summed E-state index contributed by atoms with van der Waals surface area (Å²) in [5.41, 5.74) is 1.94. The average molecular weight is 245 g/mol. The lowest BCUT2D eigenvalue weighted by molar-refractivity contribution is 0.415. The van der Waals surface area contributed by atoms with E-state index in [1.54, 1.807) is 24.7 Å². The van der Waals surface area contributed by atoms with Crippen LogP contribution in [0.25, 0.3) is 21.5 Å². The van der Waals surface area contributed by atoms with Crippen molar-refractivity contribution in [1.29, 1.82) is 0 Å². The number of aryl methyl sites for hydroxylation is 1. The Morgan fingerprint density at radius 3 is 2.94 bits per heavy atom. The Balaban J connectivity index is 2.28. The molecule has 0 spiro atoms. The largest absolute Gasteiger partial charge is 0.496 e. The van der Waals surface area contributed by atoms with E-state index in [1.165, 1.54) is 0 Å². The predicted octanol–water partition coefficient (Wildman–Crippen LogP) is 3.87. The lowest BCUT2D eigenvalue weighted by Crippen LogP contribution is -1.87. The van der Waals surface area contributed by atoms with Crippen molar-refractivity contribution in [2.75, 3.05) is 7.11 Å². The molecule has 3 aromatic rings. The summed E-state index contributed by atoms with van der Waals surface area (Å²) in [6.07, 6.45) is 1.66. The van der Waals surface area contributed by atoms with Gasteiger partial charge in [-0.05, 0) is 25.1 Å². The molecular formula is C13H11NO2S. The van der Waals surface area contributed by atoms with E-state index in [0.717, 1.165) is 32.3 Å². The SMILES string of the molecule is COc1cc2nc(C)sc2cc1-c1ccco1. The van der Waals surface area contributed by atoms with Crippen molar-refractivity contribution in [2.24, 2.45) is 0 Å². The summed E-state index contributed by atoms with van der Waals surface area (Å²) < 4.78 is 12.0. The van der Waals surface area contributed by atoms with Crippen LogP contribution in [0, 0.1) is 6.92 Å². The van der Waals surface area contributed by atoms with Crippen molar-refractivity contribution in [3.05, 3.63) is 35.5 Å². The maximum Gasteiger partial charge on any atom is 0.137 e. The molecule has 0 amide bonds. The zero-order valence-corrected chi connectivity index (χ0v) is 10.4.